The minimum absolute atomic E-state index is 0.0869. The number of amides is 1. The Morgan fingerprint density at radius 2 is 2.21 bits per heavy atom. The molecule has 0 unspecified atom stereocenters. The van der Waals surface area contributed by atoms with Crippen LogP contribution < -0.4 is 0 Å². The molecule has 1 heterocycles. The maximum atomic E-state index is 12.3. The first kappa shape index (κ1) is 13.9. The average molecular weight is 282 g/mol. The van der Waals surface area contributed by atoms with Gasteiger partial charge in [0.05, 0.1) is 13.0 Å². The van der Waals surface area contributed by atoms with Crippen LogP contribution in [0.25, 0.3) is 0 Å². The fourth-order valence-electron chi connectivity index (χ4n) is 2.32. The van der Waals surface area contributed by atoms with Crippen LogP contribution in [-0.2, 0) is 9.53 Å². The van der Waals surface area contributed by atoms with Gasteiger partial charge < -0.3 is 9.64 Å². The number of methoxy groups -OCH3 is 1. The maximum Gasteiger partial charge on any atom is 0.310 e. The van der Waals surface area contributed by atoms with E-state index in [1.54, 1.807) is 29.2 Å². The van der Waals surface area contributed by atoms with Crippen LogP contribution in [0.5, 0.6) is 0 Å². The summed E-state index contributed by atoms with van der Waals surface area (Å²) in [4.78, 5) is 25.6. The average Bonchev–Trinajstić information content (AvgIpc) is 2.45. The third-order valence-corrected chi connectivity index (χ3v) is 3.55. The normalized spacial score (nSPS) is 19.1. The lowest BCUT2D eigenvalue weighted by Crippen LogP contribution is -2.42. The van der Waals surface area contributed by atoms with Gasteiger partial charge in [-0.05, 0) is 31.0 Å². The highest BCUT2D eigenvalue weighted by molar-refractivity contribution is 6.30. The van der Waals surface area contributed by atoms with Gasteiger partial charge in [-0.2, -0.15) is 0 Å². The monoisotopic (exact) mass is 281 g/mol. The minimum Gasteiger partial charge on any atom is -0.469 e. The van der Waals surface area contributed by atoms with Crippen molar-refractivity contribution in [2.24, 2.45) is 5.92 Å². The third-order valence-electron chi connectivity index (χ3n) is 3.31. The number of hydrogen-bond acceptors (Lipinski definition) is 3. The van der Waals surface area contributed by atoms with Gasteiger partial charge in [-0.1, -0.05) is 17.7 Å². The van der Waals surface area contributed by atoms with Crippen molar-refractivity contribution in [1.29, 1.82) is 0 Å². The van der Waals surface area contributed by atoms with Crippen molar-refractivity contribution in [2.75, 3.05) is 20.2 Å². The van der Waals surface area contributed by atoms with Crippen molar-refractivity contribution in [3.63, 3.8) is 0 Å². The van der Waals surface area contributed by atoms with Crippen molar-refractivity contribution in [2.45, 2.75) is 12.8 Å². The summed E-state index contributed by atoms with van der Waals surface area (Å²) in [5, 5.41) is 0.535. The van der Waals surface area contributed by atoms with Crippen LogP contribution in [0.15, 0.2) is 24.3 Å². The van der Waals surface area contributed by atoms with Gasteiger partial charge in [0.25, 0.3) is 5.91 Å². The predicted molar refractivity (Wildman–Crippen MR) is 72.1 cm³/mol. The van der Waals surface area contributed by atoms with Gasteiger partial charge in [0.2, 0.25) is 0 Å². The molecule has 1 aliphatic heterocycles. The SMILES string of the molecule is COC(=O)[C@@H]1CCCN(C(=O)c2cccc(Cl)c2)C1. The first-order valence-electron chi connectivity index (χ1n) is 6.24. The van der Waals surface area contributed by atoms with Crippen LogP contribution in [0.2, 0.25) is 5.02 Å². The number of piperidine rings is 1. The largest absolute Gasteiger partial charge is 0.469 e. The van der Waals surface area contributed by atoms with Crippen molar-refractivity contribution >= 4 is 23.5 Å². The van der Waals surface area contributed by atoms with Gasteiger partial charge in [-0.15, -0.1) is 0 Å². The number of hydrogen-bond donors (Lipinski definition) is 0. The zero-order valence-electron chi connectivity index (χ0n) is 10.8. The molecule has 0 N–H and O–H groups in total. The Morgan fingerprint density at radius 1 is 1.42 bits per heavy atom. The number of rotatable bonds is 2. The van der Waals surface area contributed by atoms with Crippen molar-refractivity contribution < 1.29 is 14.3 Å². The summed E-state index contributed by atoms with van der Waals surface area (Å²) in [5.41, 5.74) is 0.554. The molecule has 1 amide bonds. The van der Waals surface area contributed by atoms with Crippen molar-refractivity contribution in [1.82, 2.24) is 4.90 Å². The highest BCUT2D eigenvalue weighted by Gasteiger charge is 2.29. The van der Waals surface area contributed by atoms with E-state index in [0.29, 0.717) is 23.7 Å². The Morgan fingerprint density at radius 3 is 2.89 bits per heavy atom. The third kappa shape index (κ3) is 3.26. The minimum atomic E-state index is -0.247. The molecule has 0 radical (unpaired) electrons. The number of carbonyl (C=O) groups is 2. The Labute approximate surface area is 117 Å². The first-order valence-corrected chi connectivity index (χ1v) is 6.62. The number of ether oxygens (including phenoxy) is 1. The molecule has 1 fully saturated rings. The van der Waals surface area contributed by atoms with Gasteiger partial charge in [0.1, 0.15) is 0 Å². The maximum absolute atomic E-state index is 12.3. The molecule has 1 aromatic carbocycles. The van der Waals surface area contributed by atoms with Crippen LogP contribution >= 0.6 is 11.6 Å². The Balaban J connectivity index is 2.09. The second-order valence-corrected chi connectivity index (χ2v) is 5.06. The van der Waals surface area contributed by atoms with E-state index >= 15 is 0 Å². The quantitative estimate of drug-likeness (QED) is 0.782. The second-order valence-electron chi connectivity index (χ2n) is 4.62. The van der Waals surface area contributed by atoms with E-state index in [9.17, 15) is 9.59 Å². The topological polar surface area (TPSA) is 46.6 Å². The van der Waals surface area contributed by atoms with E-state index in [0.717, 1.165) is 12.8 Å². The number of likely N-dealkylation sites (tertiary alicyclic amines) is 1. The fourth-order valence-corrected chi connectivity index (χ4v) is 2.52. The zero-order chi connectivity index (χ0) is 13.8. The Hall–Kier alpha value is -1.55. The molecule has 19 heavy (non-hydrogen) atoms. The molecule has 4 nitrogen and oxygen atoms in total. The van der Waals surface area contributed by atoms with Gasteiger partial charge >= 0.3 is 5.97 Å². The molecule has 102 valence electrons. The summed E-state index contributed by atoms with van der Waals surface area (Å²) < 4.78 is 4.74. The van der Waals surface area contributed by atoms with E-state index < -0.39 is 0 Å². The second kappa shape index (κ2) is 6.06. The number of benzene rings is 1. The molecule has 1 saturated heterocycles. The molecule has 1 aromatic rings. The molecule has 1 aliphatic rings. The van der Waals surface area contributed by atoms with Gasteiger partial charge in [0.15, 0.2) is 0 Å². The molecule has 0 aromatic heterocycles. The van der Waals surface area contributed by atoms with Crippen molar-refractivity contribution in [3.05, 3.63) is 34.9 Å². The number of nitrogens with zero attached hydrogens (tertiary/aromatic N) is 1. The zero-order valence-corrected chi connectivity index (χ0v) is 11.5. The molecular formula is C14H16ClNO3. The lowest BCUT2D eigenvalue weighted by atomic mass is 9.97. The van der Waals surface area contributed by atoms with Crippen molar-refractivity contribution in [3.8, 4) is 0 Å². The molecule has 0 aliphatic carbocycles. The van der Waals surface area contributed by atoms with Gasteiger partial charge in [0, 0.05) is 23.7 Å². The highest BCUT2D eigenvalue weighted by Crippen LogP contribution is 2.20. The summed E-state index contributed by atoms with van der Waals surface area (Å²) in [6, 6.07) is 6.85. The van der Waals surface area contributed by atoms with Gasteiger partial charge in [-0.3, -0.25) is 9.59 Å². The Kier molecular flexibility index (Phi) is 4.43. The van der Waals surface area contributed by atoms with E-state index in [1.807, 2.05) is 0 Å². The lowest BCUT2D eigenvalue weighted by Gasteiger charge is -2.31. The van der Waals surface area contributed by atoms with E-state index in [1.165, 1.54) is 7.11 Å². The van der Waals surface area contributed by atoms with Crippen LogP contribution in [0, 0.1) is 5.92 Å². The first-order chi connectivity index (χ1) is 9.11. The number of halogens is 1. The summed E-state index contributed by atoms with van der Waals surface area (Å²) in [5.74, 6) is -0.554. The number of carbonyl (C=O) groups excluding carboxylic acids is 2. The van der Waals surface area contributed by atoms with Crippen LogP contribution in [0.1, 0.15) is 23.2 Å². The molecular weight excluding hydrogens is 266 g/mol. The summed E-state index contributed by atoms with van der Waals surface area (Å²) in [7, 11) is 1.38. The fraction of sp³-hybridized carbons (Fsp3) is 0.429. The summed E-state index contributed by atoms with van der Waals surface area (Å²) >= 11 is 5.88. The summed E-state index contributed by atoms with van der Waals surface area (Å²) in [6.45, 7) is 1.08. The molecule has 2 rings (SSSR count). The molecule has 1 atom stereocenters. The van der Waals surface area contributed by atoms with E-state index in [-0.39, 0.29) is 17.8 Å². The highest BCUT2D eigenvalue weighted by atomic mass is 35.5. The predicted octanol–water partition coefficient (Wildman–Crippen LogP) is 2.37. The Bertz CT molecular complexity index is 489. The van der Waals surface area contributed by atoms with Crippen LogP contribution in [0.4, 0.5) is 0 Å². The van der Waals surface area contributed by atoms with Gasteiger partial charge in [-0.25, -0.2) is 0 Å². The molecule has 0 spiro atoms. The standard InChI is InChI=1S/C14H16ClNO3/c1-19-14(18)11-5-3-7-16(9-11)13(17)10-4-2-6-12(15)8-10/h2,4,6,8,11H,3,5,7,9H2,1H3/t11-/m1/s1. The smallest absolute Gasteiger partial charge is 0.310 e. The number of esters is 1. The molecule has 5 heteroatoms. The molecule has 0 bridgehead atoms. The lowest BCUT2D eigenvalue weighted by molar-refractivity contribution is -0.146. The summed E-state index contributed by atoms with van der Waals surface area (Å²) in [6.07, 6.45) is 1.58. The van der Waals surface area contributed by atoms with E-state index in [2.05, 4.69) is 0 Å². The van der Waals surface area contributed by atoms with Crippen LogP contribution in [0.3, 0.4) is 0 Å². The van der Waals surface area contributed by atoms with Crippen LogP contribution in [-0.4, -0.2) is 37.0 Å². The molecule has 0 saturated carbocycles. The van der Waals surface area contributed by atoms with E-state index in [4.69, 9.17) is 16.3 Å².